The van der Waals surface area contributed by atoms with E-state index in [0.29, 0.717) is 11.4 Å². The van der Waals surface area contributed by atoms with Crippen molar-refractivity contribution in [2.45, 2.75) is 19.9 Å². The maximum Gasteiger partial charge on any atom is 0.345 e. The average molecular weight is 310 g/mol. The van der Waals surface area contributed by atoms with Crippen molar-refractivity contribution in [3.05, 3.63) is 56.2 Å². The second kappa shape index (κ2) is 6.88. The van der Waals surface area contributed by atoms with E-state index in [4.69, 9.17) is 16.7 Å². The molecule has 0 saturated carbocycles. The predicted molar refractivity (Wildman–Crippen MR) is 82.9 cm³/mol. The molecule has 0 aliphatic rings. The van der Waals surface area contributed by atoms with E-state index in [-0.39, 0.29) is 0 Å². The van der Waals surface area contributed by atoms with Crippen LogP contribution in [0.4, 0.5) is 0 Å². The number of aryl methyl sites for hydroxylation is 1. The second-order valence-corrected chi connectivity index (χ2v) is 6.24. The monoisotopic (exact) mass is 309 g/mol. The molecule has 0 spiro atoms. The number of hydrogen-bond acceptors (Lipinski definition) is 3. The van der Waals surface area contributed by atoms with E-state index in [1.165, 1.54) is 16.9 Å². The van der Waals surface area contributed by atoms with Crippen LogP contribution in [0.25, 0.3) is 0 Å². The van der Waals surface area contributed by atoms with Crippen molar-refractivity contribution in [1.82, 2.24) is 5.32 Å². The first kappa shape index (κ1) is 15.0. The summed E-state index contributed by atoms with van der Waals surface area (Å²) in [6.45, 7) is 3.50. The SMILES string of the molecule is Cc1sc(C(=O)O)cc1CNCCc1ccc(Cl)cc1. The van der Waals surface area contributed by atoms with Crippen LogP contribution in [0, 0.1) is 6.92 Å². The van der Waals surface area contributed by atoms with Crippen LogP contribution in [-0.2, 0) is 13.0 Å². The van der Waals surface area contributed by atoms with Gasteiger partial charge in [-0.3, -0.25) is 0 Å². The van der Waals surface area contributed by atoms with Gasteiger partial charge in [0.2, 0.25) is 0 Å². The molecule has 0 aliphatic carbocycles. The maximum absolute atomic E-state index is 10.9. The molecule has 106 valence electrons. The third-order valence-corrected chi connectivity index (χ3v) is 4.38. The van der Waals surface area contributed by atoms with E-state index < -0.39 is 5.97 Å². The predicted octanol–water partition coefficient (Wildman–Crippen LogP) is 3.74. The number of rotatable bonds is 6. The summed E-state index contributed by atoms with van der Waals surface area (Å²) in [7, 11) is 0. The Morgan fingerprint density at radius 1 is 1.35 bits per heavy atom. The maximum atomic E-state index is 10.9. The van der Waals surface area contributed by atoms with Crippen LogP contribution in [0.15, 0.2) is 30.3 Å². The molecular formula is C15H16ClNO2S. The Kier molecular flexibility index (Phi) is 5.17. The standard InChI is InChI=1S/C15H16ClNO2S/c1-10-12(8-14(20-10)15(18)19)9-17-7-6-11-2-4-13(16)5-3-11/h2-5,8,17H,6-7,9H2,1H3,(H,18,19). The van der Waals surface area contributed by atoms with Gasteiger partial charge in [0, 0.05) is 16.4 Å². The van der Waals surface area contributed by atoms with Crippen LogP contribution < -0.4 is 5.32 Å². The van der Waals surface area contributed by atoms with Crippen molar-refractivity contribution in [2.24, 2.45) is 0 Å². The number of nitrogens with one attached hydrogen (secondary N) is 1. The molecular weight excluding hydrogens is 294 g/mol. The summed E-state index contributed by atoms with van der Waals surface area (Å²) in [6.07, 6.45) is 0.923. The molecule has 2 rings (SSSR count). The van der Waals surface area contributed by atoms with E-state index in [1.54, 1.807) is 6.07 Å². The Morgan fingerprint density at radius 3 is 2.65 bits per heavy atom. The first-order valence-corrected chi connectivity index (χ1v) is 7.53. The molecule has 20 heavy (non-hydrogen) atoms. The van der Waals surface area contributed by atoms with Crippen LogP contribution in [0.1, 0.15) is 25.7 Å². The van der Waals surface area contributed by atoms with Crippen LogP contribution >= 0.6 is 22.9 Å². The highest BCUT2D eigenvalue weighted by atomic mass is 35.5. The lowest BCUT2D eigenvalue weighted by molar-refractivity contribution is 0.0702. The van der Waals surface area contributed by atoms with Crippen molar-refractivity contribution in [3.63, 3.8) is 0 Å². The Bertz CT molecular complexity index is 592. The van der Waals surface area contributed by atoms with Crippen molar-refractivity contribution in [3.8, 4) is 0 Å². The van der Waals surface area contributed by atoms with Gasteiger partial charge in [-0.15, -0.1) is 11.3 Å². The Balaban J connectivity index is 1.81. The molecule has 0 bridgehead atoms. The number of thiophene rings is 1. The molecule has 1 aromatic carbocycles. The van der Waals surface area contributed by atoms with Gasteiger partial charge in [-0.05, 0) is 49.2 Å². The topological polar surface area (TPSA) is 49.3 Å². The quantitative estimate of drug-likeness (QED) is 0.799. The van der Waals surface area contributed by atoms with Gasteiger partial charge in [-0.25, -0.2) is 4.79 Å². The van der Waals surface area contributed by atoms with Gasteiger partial charge in [0.25, 0.3) is 0 Å². The summed E-state index contributed by atoms with van der Waals surface area (Å²) < 4.78 is 0. The summed E-state index contributed by atoms with van der Waals surface area (Å²) >= 11 is 7.16. The molecule has 0 atom stereocenters. The number of carboxylic acids is 1. The zero-order valence-electron chi connectivity index (χ0n) is 11.1. The number of hydrogen-bond donors (Lipinski definition) is 2. The summed E-state index contributed by atoms with van der Waals surface area (Å²) in [4.78, 5) is 12.3. The van der Waals surface area contributed by atoms with E-state index in [0.717, 1.165) is 28.4 Å². The fourth-order valence-corrected chi connectivity index (χ4v) is 2.91. The van der Waals surface area contributed by atoms with Gasteiger partial charge in [0.15, 0.2) is 0 Å². The Morgan fingerprint density at radius 2 is 2.05 bits per heavy atom. The number of carboxylic acid groups (broad SMARTS) is 1. The lowest BCUT2D eigenvalue weighted by atomic mass is 10.1. The van der Waals surface area contributed by atoms with E-state index in [9.17, 15) is 4.79 Å². The molecule has 0 saturated heterocycles. The van der Waals surface area contributed by atoms with Crippen molar-refractivity contribution < 1.29 is 9.90 Å². The fourth-order valence-electron chi connectivity index (χ4n) is 1.91. The summed E-state index contributed by atoms with van der Waals surface area (Å²) in [6, 6.07) is 9.56. The van der Waals surface area contributed by atoms with Crippen LogP contribution in [0.3, 0.4) is 0 Å². The highest BCUT2D eigenvalue weighted by Gasteiger charge is 2.10. The molecule has 1 heterocycles. The van der Waals surface area contributed by atoms with Gasteiger partial charge in [-0.1, -0.05) is 23.7 Å². The lowest BCUT2D eigenvalue weighted by Gasteiger charge is -2.05. The molecule has 3 nitrogen and oxygen atoms in total. The zero-order chi connectivity index (χ0) is 14.5. The van der Waals surface area contributed by atoms with Crippen molar-refractivity contribution >= 4 is 28.9 Å². The van der Waals surface area contributed by atoms with Crippen molar-refractivity contribution in [2.75, 3.05) is 6.54 Å². The summed E-state index contributed by atoms with van der Waals surface area (Å²) in [5, 5.41) is 13.0. The van der Waals surface area contributed by atoms with Gasteiger partial charge >= 0.3 is 5.97 Å². The van der Waals surface area contributed by atoms with Gasteiger partial charge < -0.3 is 10.4 Å². The molecule has 0 radical (unpaired) electrons. The average Bonchev–Trinajstić information content (AvgIpc) is 2.79. The van der Waals surface area contributed by atoms with E-state index in [2.05, 4.69) is 5.32 Å². The minimum absolute atomic E-state index is 0.400. The highest BCUT2D eigenvalue weighted by molar-refractivity contribution is 7.14. The number of aromatic carboxylic acids is 1. The van der Waals surface area contributed by atoms with Crippen LogP contribution in [-0.4, -0.2) is 17.6 Å². The number of carbonyl (C=O) groups is 1. The third-order valence-electron chi connectivity index (χ3n) is 3.05. The molecule has 0 unspecified atom stereocenters. The van der Waals surface area contributed by atoms with Crippen LogP contribution in [0.5, 0.6) is 0 Å². The second-order valence-electron chi connectivity index (χ2n) is 4.55. The minimum Gasteiger partial charge on any atom is -0.477 e. The van der Waals surface area contributed by atoms with Gasteiger partial charge in [0.1, 0.15) is 4.88 Å². The lowest BCUT2D eigenvalue weighted by Crippen LogP contribution is -2.16. The molecule has 0 aliphatic heterocycles. The Labute approximate surface area is 127 Å². The molecule has 2 N–H and O–H groups in total. The van der Waals surface area contributed by atoms with E-state index in [1.807, 2.05) is 31.2 Å². The highest BCUT2D eigenvalue weighted by Crippen LogP contribution is 2.21. The molecule has 5 heteroatoms. The van der Waals surface area contributed by atoms with Gasteiger partial charge in [-0.2, -0.15) is 0 Å². The molecule has 0 amide bonds. The normalized spacial score (nSPS) is 10.7. The minimum atomic E-state index is -0.856. The van der Waals surface area contributed by atoms with Crippen LogP contribution in [0.2, 0.25) is 5.02 Å². The third kappa shape index (κ3) is 4.07. The Hall–Kier alpha value is -1.36. The number of halogens is 1. The molecule has 1 aromatic heterocycles. The first-order valence-electron chi connectivity index (χ1n) is 6.34. The fraction of sp³-hybridized carbons (Fsp3) is 0.267. The summed E-state index contributed by atoms with van der Waals surface area (Å²) in [5.74, 6) is -0.856. The van der Waals surface area contributed by atoms with Gasteiger partial charge in [0.05, 0.1) is 0 Å². The smallest absolute Gasteiger partial charge is 0.345 e. The molecule has 2 aromatic rings. The van der Waals surface area contributed by atoms with Crippen molar-refractivity contribution in [1.29, 1.82) is 0 Å². The zero-order valence-corrected chi connectivity index (χ0v) is 12.7. The van der Waals surface area contributed by atoms with E-state index >= 15 is 0 Å². The summed E-state index contributed by atoms with van der Waals surface area (Å²) in [5.41, 5.74) is 2.29. The molecule has 0 fully saturated rings. The number of benzene rings is 1. The largest absolute Gasteiger partial charge is 0.477 e. The first-order chi connectivity index (χ1) is 9.56.